The monoisotopic (exact) mass is 113 g/mol. The smallest absolute Gasteiger partial charge is 0.256 e. The number of fused-ring (bicyclic) bond motifs is 1. The molecule has 0 radical (unpaired) electrons. The van der Waals surface area contributed by atoms with Crippen LogP contribution in [0.15, 0.2) is 9.59 Å². The maximum absolute atomic E-state index is 10.4. The number of nitrogens with zero attached hydrogens (tertiary/aromatic N) is 2. The van der Waals surface area contributed by atoms with Crippen molar-refractivity contribution >= 4 is 0 Å². The van der Waals surface area contributed by atoms with Crippen LogP contribution >= 0.6 is 0 Å². The van der Waals surface area contributed by atoms with E-state index in [4.69, 9.17) is 0 Å². The molecule has 1 aromatic heterocycles. The molecule has 0 fully saturated rings. The van der Waals surface area contributed by atoms with E-state index in [0.717, 1.165) is 0 Å². The Balaban J connectivity index is 3.10. The Morgan fingerprint density at radius 2 is 1.75 bits per heavy atom. The molecule has 0 aromatic carbocycles. The van der Waals surface area contributed by atoms with Crippen LogP contribution in [-0.4, -0.2) is 14.3 Å². The topological polar surface area (TPSA) is 59.8 Å². The van der Waals surface area contributed by atoms with Gasteiger partial charge in [-0.1, -0.05) is 0 Å². The molecule has 2 heterocycles. The lowest BCUT2D eigenvalue weighted by Gasteiger charge is -1.61. The number of aromatic amines is 1. The van der Waals surface area contributed by atoms with Gasteiger partial charge in [-0.2, -0.15) is 0 Å². The zero-order valence-electron chi connectivity index (χ0n) is 3.92. The molecule has 0 amide bonds. The summed E-state index contributed by atoms with van der Waals surface area (Å²) < 4.78 is 2.64. The van der Waals surface area contributed by atoms with Crippen molar-refractivity contribution in [3.8, 4) is 0 Å². The largest absolute Gasteiger partial charge is 0.346 e. The van der Waals surface area contributed by atoms with Gasteiger partial charge < -0.3 is 0 Å². The van der Waals surface area contributed by atoms with Crippen molar-refractivity contribution in [2.45, 2.75) is 6.67 Å². The zero-order chi connectivity index (χ0) is 5.72. The van der Waals surface area contributed by atoms with Crippen molar-refractivity contribution in [1.29, 1.82) is 0 Å². The van der Waals surface area contributed by atoms with Gasteiger partial charge in [-0.15, -0.1) is 0 Å². The third-order valence-electron chi connectivity index (χ3n) is 1.16. The summed E-state index contributed by atoms with van der Waals surface area (Å²) in [6.07, 6.45) is 0. The first-order valence-electron chi connectivity index (χ1n) is 2.19. The first-order chi connectivity index (χ1) is 3.79. The number of rotatable bonds is 0. The van der Waals surface area contributed by atoms with Crippen LogP contribution in [0.1, 0.15) is 0 Å². The van der Waals surface area contributed by atoms with Gasteiger partial charge in [0.25, 0.3) is 0 Å². The molecular weight excluding hydrogens is 110 g/mol. The first-order valence-corrected chi connectivity index (χ1v) is 2.19. The van der Waals surface area contributed by atoms with Crippen molar-refractivity contribution in [3.05, 3.63) is 21.0 Å². The molecule has 0 saturated heterocycles. The molecule has 0 saturated carbocycles. The van der Waals surface area contributed by atoms with Crippen LogP contribution in [0.25, 0.3) is 0 Å². The van der Waals surface area contributed by atoms with E-state index in [-0.39, 0.29) is 11.4 Å². The predicted molar refractivity (Wildman–Crippen MR) is 24.7 cm³/mol. The predicted octanol–water partition coefficient (Wildman–Crippen LogP) is -1.84. The summed E-state index contributed by atoms with van der Waals surface area (Å²) >= 11 is 0. The summed E-state index contributed by atoms with van der Waals surface area (Å²) in [7, 11) is 0. The van der Waals surface area contributed by atoms with Crippen LogP contribution in [0, 0.1) is 0 Å². The molecule has 0 bridgehead atoms. The fraction of sp³-hybridized carbons (Fsp3) is 0.333. The third-order valence-corrected chi connectivity index (χ3v) is 1.16. The lowest BCUT2D eigenvalue weighted by molar-refractivity contribution is 0.957. The zero-order valence-corrected chi connectivity index (χ0v) is 3.92. The first kappa shape index (κ1) is 3.71. The van der Waals surface area contributed by atoms with Crippen LogP contribution in [0.5, 0.6) is 0 Å². The summed E-state index contributed by atoms with van der Waals surface area (Å²) in [6.45, 7) is 0.463. The summed E-state index contributed by atoms with van der Waals surface area (Å²) in [5, 5.41) is 0. The van der Waals surface area contributed by atoms with Gasteiger partial charge in [-0.05, 0) is 0 Å². The molecule has 2 rings (SSSR count). The maximum Gasteiger partial charge on any atom is 0.346 e. The van der Waals surface area contributed by atoms with Gasteiger partial charge in [-0.25, -0.2) is 19.0 Å². The second-order valence-corrected chi connectivity index (χ2v) is 1.68. The number of hydrogen-bond donors (Lipinski definition) is 1. The summed E-state index contributed by atoms with van der Waals surface area (Å²) in [4.78, 5) is 22.8. The highest BCUT2D eigenvalue weighted by Crippen LogP contribution is 1.89. The van der Waals surface area contributed by atoms with Crippen molar-refractivity contribution in [1.82, 2.24) is 14.3 Å². The summed E-state index contributed by atoms with van der Waals surface area (Å²) in [5.41, 5.74) is -0.620. The fourth-order valence-corrected chi connectivity index (χ4v) is 0.667. The number of hydrogen-bond acceptors (Lipinski definition) is 2. The van der Waals surface area contributed by atoms with Crippen molar-refractivity contribution in [3.63, 3.8) is 0 Å². The quantitative estimate of drug-likeness (QED) is 0.436. The highest BCUT2D eigenvalue weighted by Gasteiger charge is 2.20. The molecular formula is C3H3N3O2. The van der Waals surface area contributed by atoms with E-state index < -0.39 is 0 Å². The molecule has 42 valence electrons. The number of nitrogens with one attached hydrogen (secondary N) is 1. The molecule has 5 nitrogen and oxygen atoms in total. The average molecular weight is 113 g/mol. The molecule has 0 aliphatic carbocycles. The molecule has 1 aliphatic rings. The Labute approximate surface area is 43.2 Å². The molecule has 5 heteroatoms. The van der Waals surface area contributed by atoms with Crippen LogP contribution in [-0.2, 0) is 6.67 Å². The van der Waals surface area contributed by atoms with Gasteiger partial charge in [0.05, 0.1) is 0 Å². The standard InChI is InChI=1S/C3H3N3O2/c7-2-4-3(8)6-1-5(2)6/h1H2,(H,4,7,8). The Kier molecular flexibility index (Phi) is 0.368. The van der Waals surface area contributed by atoms with Crippen LogP contribution in [0.2, 0.25) is 0 Å². The molecule has 1 N–H and O–H groups in total. The van der Waals surface area contributed by atoms with E-state index in [2.05, 4.69) is 4.98 Å². The minimum Gasteiger partial charge on any atom is -0.256 e. The molecule has 0 unspecified atom stereocenters. The summed E-state index contributed by atoms with van der Waals surface area (Å²) in [5.74, 6) is 0. The van der Waals surface area contributed by atoms with Gasteiger partial charge in [0.15, 0.2) is 0 Å². The molecule has 0 atom stereocenters. The lowest BCUT2D eigenvalue weighted by Crippen LogP contribution is -2.15. The number of aromatic nitrogens is 3. The van der Waals surface area contributed by atoms with E-state index in [0.29, 0.717) is 6.67 Å². The van der Waals surface area contributed by atoms with Crippen LogP contribution in [0.4, 0.5) is 0 Å². The lowest BCUT2D eigenvalue weighted by atomic mass is 11.1. The number of H-pyrrole nitrogens is 1. The Hall–Kier alpha value is -1.26. The van der Waals surface area contributed by atoms with Gasteiger partial charge in [0.1, 0.15) is 6.67 Å². The summed E-state index contributed by atoms with van der Waals surface area (Å²) in [6, 6.07) is 0. The highest BCUT2D eigenvalue weighted by molar-refractivity contribution is 4.76. The van der Waals surface area contributed by atoms with Gasteiger partial charge in [0.2, 0.25) is 0 Å². The average Bonchev–Trinajstić information content (AvgIpc) is 2.35. The van der Waals surface area contributed by atoms with E-state index in [1.165, 1.54) is 9.36 Å². The maximum atomic E-state index is 10.4. The molecule has 1 aliphatic heterocycles. The van der Waals surface area contributed by atoms with Crippen LogP contribution in [0.3, 0.4) is 0 Å². The second kappa shape index (κ2) is 0.795. The van der Waals surface area contributed by atoms with E-state index in [1.54, 1.807) is 0 Å². The van der Waals surface area contributed by atoms with Crippen molar-refractivity contribution in [2.24, 2.45) is 0 Å². The Bertz CT molecular complexity index is 297. The Morgan fingerprint density at radius 3 is 1.88 bits per heavy atom. The van der Waals surface area contributed by atoms with Gasteiger partial charge >= 0.3 is 11.4 Å². The highest BCUT2D eigenvalue weighted by atomic mass is 16.2. The van der Waals surface area contributed by atoms with Crippen LogP contribution < -0.4 is 11.4 Å². The van der Waals surface area contributed by atoms with E-state index >= 15 is 0 Å². The minimum atomic E-state index is -0.310. The fourth-order valence-electron chi connectivity index (χ4n) is 0.667. The Morgan fingerprint density at radius 1 is 1.25 bits per heavy atom. The van der Waals surface area contributed by atoms with Gasteiger partial charge in [0, 0.05) is 0 Å². The molecule has 0 spiro atoms. The van der Waals surface area contributed by atoms with Crippen molar-refractivity contribution < 1.29 is 0 Å². The van der Waals surface area contributed by atoms with E-state index in [9.17, 15) is 9.59 Å². The van der Waals surface area contributed by atoms with E-state index in [1.807, 2.05) is 0 Å². The SMILES string of the molecule is O=c1[nH]c(=O)n2n1C2. The van der Waals surface area contributed by atoms with Gasteiger partial charge in [-0.3, -0.25) is 4.98 Å². The minimum absolute atomic E-state index is 0.310. The normalized spacial score (nSPS) is 13.5. The molecule has 1 aromatic rings. The second-order valence-electron chi connectivity index (χ2n) is 1.68. The molecule has 8 heavy (non-hydrogen) atoms. The van der Waals surface area contributed by atoms with Crippen molar-refractivity contribution in [2.75, 3.05) is 0 Å². The third kappa shape index (κ3) is 0.237.